The summed E-state index contributed by atoms with van der Waals surface area (Å²) in [7, 11) is 0. The second-order valence-corrected chi connectivity index (χ2v) is 5.26. The summed E-state index contributed by atoms with van der Waals surface area (Å²) in [5.41, 5.74) is 6.61. The van der Waals surface area contributed by atoms with Gasteiger partial charge >= 0.3 is 0 Å². The van der Waals surface area contributed by atoms with Gasteiger partial charge < -0.3 is 11.1 Å². The molecule has 2 rings (SSSR count). The van der Waals surface area contributed by atoms with Crippen molar-refractivity contribution in [3.05, 3.63) is 53.8 Å². The maximum atomic E-state index is 13.3. The number of nitrogens with zero attached hydrogens (tertiary/aromatic N) is 1. The van der Waals surface area contributed by atoms with E-state index in [-0.39, 0.29) is 17.3 Å². The molecule has 0 fully saturated rings. The highest BCUT2D eigenvalue weighted by molar-refractivity contribution is 8.00. The van der Waals surface area contributed by atoms with Crippen LogP contribution in [-0.4, -0.2) is 11.7 Å². The smallest absolute Gasteiger partial charge is 0.234 e. The van der Waals surface area contributed by atoms with E-state index >= 15 is 0 Å². The maximum absolute atomic E-state index is 13.3. The van der Waals surface area contributed by atoms with Gasteiger partial charge in [0, 0.05) is 10.6 Å². The van der Waals surface area contributed by atoms with E-state index < -0.39 is 5.82 Å². The summed E-state index contributed by atoms with van der Waals surface area (Å²) in [6, 6.07) is 13.0. The molecular formula is C15H12FN3OS. The zero-order valence-electron chi connectivity index (χ0n) is 11.0. The molecular weight excluding hydrogens is 289 g/mol. The number of nitrogens with two attached hydrogens (primary N) is 1. The molecule has 4 nitrogen and oxygen atoms in total. The summed E-state index contributed by atoms with van der Waals surface area (Å²) in [4.78, 5) is 12.4. The van der Waals surface area contributed by atoms with E-state index in [0.717, 1.165) is 0 Å². The van der Waals surface area contributed by atoms with E-state index in [1.54, 1.807) is 30.3 Å². The lowest BCUT2D eigenvalue weighted by Gasteiger charge is -2.06. The molecule has 0 saturated carbocycles. The van der Waals surface area contributed by atoms with E-state index in [1.807, 2.05) is 6.07 Å². The normalized spacial score (nSPS) is 9.90. The standard InChI is InChI=1S/C15H12FN3OS/c16-13-7-12(5-6-14(13)18)21-9-15(20)19-11-3-1-10(8-17)2-4-11/h1-7H,9,18H2,(H,19,20). The number of amides is 1. The third-order valence-electron chi connectivity index (χ3n) is 2.64. The van der Waals surface area contributed by atoms with Crippen LogP contribution in [0.4, 0.5) is 15.8 Å². The molecule has 0 heterocycles. The first-order valence-corrected chi connectivity index (χ1v) is 7.05. The molecule has 0 aliphatic rings. The van der Waals surface area contributed by atoms with Crippen LogP contribution in [0.15, 0.2) is 47.4 Å². The Bertz CT molecular complexity index is 695. The zero-order valence-corrected chi connectivity index (χ0v) is 11.8. The fourth-order valence-electron chi connectivity index (χ4n) is 1.57. The summed E-state index contributed by atoms with van der Waals surface area (Å²) in [5.74, 6) is -0.543. The van der Waals surface area contributed by atoms with Crippen LogP contribution in [0.2, 0.25) is 0 Å². The van der Waals surface area contributed by atoms with E-state index in [9.17, 15) is 9.18 Å². The lowest BCUT2D eigenvalue weighted by atomic mass is 10.2. The lowest BCUT2D eigenvalue weighted by molar-refractivity contribution is -0.113. The monoisotopic (exact) mass is 301 g/mol. The van der Waals surface area contributed by atoms with Gasteiger partial charge in [0.05, 0.1) is 23.1 Å². The number of hydrogen-bond donors (Lipinski definition) is 2. The number of nitrogens with one attached hydrogen (secondary N) is 1. The lowest BCUT2D eigenvalue weighted by Crippen LogP contribution is -2.13. The molecule has 2 aromatic carbocycles. The van der Waals surface area contributed by atoms with Gasteiger partial charge in [0.2, 0.25) is 5.91 Å². The first-order chi connectivity index (χ1) is 10.1. The Balaban J connectivity index is 1.89. The molecule has 3 N–H and O–H groups in total. The Morgan fingerprint density at radius 1 is 1.29 bits per heavy atom. The van der Waals surface area contributed by atoms with E-state index in [2.05, 4.69) is 5.32 Å². The summed E-state index contributed by atoms with van der Waals surface area (Å²) >= 11 is 1.22. The molecule has 0 aromatic heterocycles. The Kier molecular flexibility index (Phi) is 4.80. The summed E-state index contributed by atoms with van der Waals surface area (Å²) in [6.45, 7) is 0. The van der Waals surface area contributed by atoms with Gasteiger partial charge in [0.25, 0.3) is 0 Å². The quantitative estimate of drug-likeness (QED) is 0.672. The second-order valence-electron chi connectivity index (χ2n) is 4.21. The van der Waals surface area contributed by atoms with Crippen LogP contribution in [0.5, 0.6) is 0 Å². The molecule has 0 unspecified atom stereocenters. The third-order valence-corrected chi connectivity index (χ3v) is 3.63. The second kappa shape index (κ2) is 6.77. The Morgan fingerprint density at radius 3 is 2.62 bits per heavy atom. The average Bonchev–Trinajstić information content (AvgIpc) is 2.49. The number of nitriles is 1. The average molecular weight is 301 g/mol. The first kappa shape index (κ1) is 14.9. The number of carbonyl (C=O) groups is 1. The molecule has 1 amide bonds. The first-order valence-electron chi connectivity index (χ1n) is 6.06. The number of nitrogen functional groups attached to an aromatic ring is 1. The molecule has 21 heavy (non-hydrogen) atoms. The minimum absolute atomic E-state index is 0.0846. The molecule has 106 valence electrons. The van der Waals surface area contributed by atoms with Crippen LogP contribution >= 0.6 is 11.8 Å². The highest BCUT2D eigenvalue weighted by Gasteiger charge is 2.06. The Hall–Kier alpha value is -2.52. The predicted molar refractivity (Wildman–Crippen MR) is 81.3 cm³/mol. The van der Waals surface area contributed by atoms with Gasteiger partial charge in [-0.05, 0) is 42.5 Å². The number of thioether (sulfide) groups is 1. The number of carbonyl (C=O) groups excluding carboxylic acids is 1. The number of halogens is 1. The van der Waals surface area contributed by atoms with Crippen LogP contribution in [0.1, 0.15) is 5.56 Å². The van der Waals surface area contributed by atoms with Crippen LogP contribution in [0.25, 0.3) is 0 Å². The summed E-state index contributed by atoms with van der Waals surface area (Å²) in [5, 5.41) is 11.4. The molecule has 2 aromatic rings. The SMILES string of the molecule is N#Cc1ccc(NC(=O)CSc2ccc(N)c(F)c2)cc1. The molecule has 0 spiro atoms. The van der Waals surface area contributed by atoms with Gasteiger partial charge in [0.15, 0.2) is 0 Å². The largest absolute Gasteiger partial charge is 0.396 e. The molecule has 6 heteroatoms. The van der Waals surface area contributed by atoms with Crippen molar-refractivity contribution in [1.29, 1.82) is 5.26 Å². The highest BCUT2D eigenvalue weighted by Crippen LogP contribution is 2.22. The molecule has 0 atom stereocenters. The van der Waals surface area contributed by atoms with Gasteiger partial charge in [-0.25, -0.2) is 4.39 Å². The predicted octanol–water partition coefficient (Wildman–Crippen LogP) is 3.01. The molecule has 0 bridgehead atoms. The fraction of sp³-hybridized carbons (Fsp3) is 0.0667. The number of rotatable bonds is 4. The van der Waals surface area contributed by atoms with E-state index in [4.69, 9.17) is 11.0 Å². The Labute approximate surface area is 125 Å². The van der Waals surface area contributed by atoms with Crippen molar-refractivity contribution in [3.8, 4) is 6.07 Å². The highest BCUT2D eigenvalue weighted by atomic mass is 32.2. The van der Waals surface area contributed by atoms with Gasteiger partial charge in [-0.2, -0.15) is 5.26 Å². The van der Waals surface area contributed by atoms with Crippen molar-refractivity contribution >= 4 is 29.0 Å². The number of anilines is 2. The Morgan fingerprint density at radius 2 is 2.00 bits per heavy atom. The minimum Gasteiger partial charge on any atom is -0.396 e. The maximum Gasteiger partial charge on any atom is 0.234 e. The van der Waals surface area contributed by atoms with Crippen LogP contribution < -0.4 is 11.1 Å². The summed E-state index contributed by atoms with van der Waals surface area (Å²) in [6.07, 6.45) is 0. The van der Waals surface area contributed by atoms with Gasteiger partial charge in [-0.15, -0.1) is 11.8 Å². The molecule has 0 aliphatic heterocycles. The van der Waals surface area contributed by atoms with Crippen LogP contribution in [0, 0.1) is 17.1 Å². The van der Waals surface area contributed by atoms with E-state index in [0.29, 0.717) is 16.1 Å². The van der Waals surface area contributed by atoms with Crippen molar-refractivity contribution in [2.45, 2.75) is 4.90 Å². The van der Waals surface area contributed by atoms with Crippen molar-refractivity contribution < 1.29 is 9.18 Å². The zero-order chi connectivity index (χ0) is 15.2. The van der Waals surface area contributed by atoms with Gasteiger partial charge in [-0.1, -0.05) is 0 Å². The van der Waals surface area contributed by atoms with E-state index in [1.165, 1.54) is 23.9 Å². The molecule has 0 radical (unpaired) electrons. The van der Waals surface area contributed by atoms with Crippen LogP contribution in [-0.2, 0) is 4.79 Å². The number of benzene rings is 2. The molecule has 0 saturated heterocycles. The van der Waals surface area contributed by atoms with Gasteiger partial charge in [0.1, 0.15) is 5.82 Å². The summed E-state index contributed by atoms with van der Waals surface area (Å²) < 4.78 is 13.3. The molecule has 0 aliphatic carbocycles. The van der Waals surface area contributed by atoms with Gasteiger partial charge in [-0.3, -0.25) is 4.79 Å². The van der Waals surface area contributed by atoms with Crippen molar-refractivity contribution in [2.75, 3.05) is 16.8 Å². The topological polar surface area (TPSA) is 78.9 Å². The third kappa shape index (κ3) is 4.23. The van der Waals surface area contributed by atoms with Crippen LogP contribution in [0.3, 0.4) is 0 Å². The van der Waals surface area contributed by atoms with Crippen molar-refractivity contribution in [1.82, 2.24) is 0 Å². The minimum atomic E-state index is -0.493. The van der Waals surface area contributed by atoms with Crippen molar-refractivity contribution in [3.63, 3.8) is 0 Å². The van der Waals surface area contributed by atoms with Crippen molar-refractivity contribution in [2.24, 2.45) is 0 Å². The number of hydrogen-bond acceptors (Lipinski definition) is 4. The fourth-order valence-corrected chi connectivity index (χ4v) is 2.29.